The van der Waals surface area contributed by atoms with Gasteiger partial charge in [0.2, 0.25) is 0 Å². The van der Waals surface area contributed by atoms with E-state index in [9.17, 15) is 0 Å². The minimum absolute atomic E-state index is 0.00633. The van der Waals surface area contributed by atoms with E-state index < -0.39 is 0 Å². The summed E-state index contributed by atoms with van der Waals surface area (Å²) in [6.07, 6.45) is 5.53. The number of ether oxygens (including phenoxy) is 3. The number of aromatic nitrogens is 4. The molecule has 0 bridgehead atoms. The highest BCUT2D eigenvalue weighted by Gasteiger charge is 2.25. The van der Waals surface area contributed by atoms with E-state index in [-0.39, 0.29) is 6.10 Å². The highest BCUT2D eigenvalue weighted by atomic mass is 16.5. The van der Waals surface area contributed by atoms with Crippen LogP contribution in [0.3, 0.4) is 0 Å². The molecule has 1 aliphatic rings. The molecule has 210 valence electrons. The molecule has 6 rings (SSSR count). The van der Waals surface area contributed by atoms with Crippen LogP contribution >= 0.6 is 0 Å². The van der Waals surface area contributed by atoms with Gasteiger partial charge in [-0.15, -0.1) is 0 Å². The number of morpholine rings is 1. The van der Waals surface area contributed by atoms with Gasteiger partial charge in [0.25, 0.3) is 0 Å². The Morgan fingerprint density at radius 3 is 2.46 bits per heavy atom. The van der Waals surface area contributed by atoms with Crippen LogP contribution in [-0.2, 0) is 18.3 Å². The number of hydrogen-bond acceptors (Lipinski definition) is 8. The number of aryl methyl sites for hydroxylation is 1. The molecule has 0 saturated carbocycles. The molecule has 1 atom stereocenters. The Kier molecular flexibility index (Phi) is 7.80. The molecule has 0 amide bonds. The molecular formula is C32H34N6O3. The Morgan fingerprint density at radius 2 is 1.73 bits per heavy atom. The van der Waals surface area contributed by atoms with Crippen molar-refractivity contribution >= 4 is 22.4 Å². The summed E-state index contributed by atoms with van der Waals surface area (Å²) in [4.78, 5) is 14.3. The van der Waals surface area contributed by atoms with Crippen molar-refractivity contribution < 1.29 is 14.2 Å². The fourth-order valence-electron chi connectivity index (χ4n) is 5.25. The highest BCUT2D eigenvalue weighted by Crippen LogP contribution is 2.35. The van der Waals surface area contributed by atoms with Crippen molar-refractivity contribution in [1.82, 2.24) is 24.6 Å². The van der Waals surface area contributed by atoms with Gasteiger partial charge in [-0.3, -0.25) is 14.6 Å². The van der Waals surface area contributed by atoms with Crippen LogP contribution in [0.25, 0.3) is 22.3 Å². The second kappa shape index (κ2) is 12.0. The van der Waals surface area contributed by atoms with E-state index in [2.05, 4.69) is 62.3 Å². The van der Waals surface area contributed by atoms with E-state index in [0.717, 1.165) is 64.8 Å². The van der Waals surface area contributed by atoms with Gasteiger partial charge in [-0.25, -0.2) is 4.98 Å². The zero-order chi connectivity index (χ0) is 28.2. The summed E-state index contributed by atoms with van der Waals surface area (Å²) in [7, 11) is 5.23. The molecule has 3 heterocycles. The van der Waals surface area contributed by atoms with Gasteiger partial charge in [0.15, 0.2) is 0 Å². The Bertz CT molecular complexity index is 1600. The third-order valence-electron chi connectivity index (χ3n) is 7.34. The largest absolute Gasteiger partial charge is 0.497 e. The molecule has 2 aromatic heterocycles. The normalized spacial score (nSPS) is 15.6. The van der Waals surface area contributed by atoms with Gasteiger partial charge in [0.1, 0.15) is 11.5 Å². The molecule has 1 aliphatic heterocycles. The van der Waals surface area contributed by atoms with Crippen molar-refractivity contribution in [3.05, 3.63) is 90.9 Å². The van der Waals surface area contributed by atoms with Gasteiger partial charge in [-0.2, -0.15) is 5.10 Å². The average Bonchev–Trinajstić information content (AvgIpc) is 3.46. The quantitative estimate of drug-likeness (QED) is 0.251. The second-order valence-electron chi connectivity index (χ2n) is 10.2. The van der Waals surface area contributed by atoms with Crippen molar-refractivity contribution in [2.75, 3.05) is 45.4 Å². The van der Waals surface area contributed by atoms with Gasteiger partial charge in [-0.05, 0) is 23.8 Å². The summed E-state index contributed by atoms with van der Waals surface area (Å²) in [5.41, 5.74) is 6.57. The molecule has 9 heteroatoms. The van der Waals surface area contributed by atoms with Gasteiger partial charge in [0, 0.05) is 68.0 Å². The number of methoxy groups -OCH3 is 2. The van der Waals surface area contributed by atoms with Gasteiger partial charge in [0.05, 0.1) is 62.6 Å². The Morgan fingerprint density at radius 1 is 0.927 bits per heavy atom. The SMILES string of the molecule is COc1cc(OC)cc(N(CC2CN(Cc3ccccc3)CCO2)c2ccc3ncc(-c4cnn(C)c4)nc3c2)c1. The third-order valence-corrected chi connectivity index (χ3v) is 7.34. The first-order chi connectivity index (χ1) is 20.1. The fourth-order valence-corrected chi connectivity index (χ4v) is 5.25. The highest BCUT2D eigenvalue weighted by molar-refractivity contribution is 5.82. The molecule has 41 heavy (non-hydrogen) atoms. The molecule has 9 nitrogen and oxygen atoms in total. The van der Waals surface area contributed by atoms with Crippen LogP contribution in [0.5, 0.6) is 11.5 Å². The monoisotopic (exact) mass is 550 g/mol. The third kappa shape index (κ3) is 6.16. The predicted molar refractivity (Wildman–Crippen MR) is 160 cm³/mol. The Hall–Kier alpha value is -4.47. The number of anilines is 2. The summed E-state index contributed by atoms with van der Waals surface area (Å²) < 4.78 is 19.3. The maximum Gasteiger partial charge on any atom is 0.124 e. The maximum absolute atomic E-state index is 6.32. The van der Waals surface area contributed by atoms with Gasteiger partial charge < -0.3 is 19.1 Å². The number of fused-ring (bicyclic) bond motifs is 1. The molecular weight excluding hydrogens is 516 g/mol. The summed E-state index contributed by atoms with van der Waals surface area (Å²) in [6, 6.07) is 22.7. The standard InChI is InChI=1S/C32H34N6O3/c1-36-20-24(17-34-36)32-18-33-30-10-9-25(15-31(30)35-32)38(26-13-27(39-2)16-28(14-26)40-3)22-29-21-37(11-12-41-29)19-23-7-5-4-6-8-23/h4-10,13-18,20,29H,11-12,19,21-22H2,1-3H3. The minimum atomic E-state index is -0.00633. The molecule has 0 radical (unpaired) electrons. The van der Waals surface area contributed by atoms with Crippen LogP contribution in [0.1, 0.15) is 5.56 Å². The van der Waals surface area contributed by atoms with E-state index in [1.807, 2.05) is 37.5 Å². The molecule has 1 fully saturated rings. The lowest BCUT2D eigenvalue weighted by Crippen LogP contribution is -2.46. The molecule has 0 N–H and O–H groups in total. The van der Waals surface area contributed by atoms with Crippen LogP contribution < -0.4 is 14.4 Å². The van der Waals surface area contributed by atoms with Crippen LogP contribution in [0.15, 0.2) is 85.3 Å². The van der Waals surface area contributed by atoms with Crippen molar-refractivity contribution in [1.29, 1.82) is 0 Å². The first kappa shape index (κ1) is 26.7. The van der Waals surface area contributed by atoms with Crippen molar-refractivity contribution in [2.24, 2.45) is 7.05 Å². The maximum atomic E-state index is 6.32. The average molecular weight is 551 g/mol. The van der Waals surface area contributed by atoms with E-state index in [1.165, 1.54) is 5.56 Å². The summed E-state index contributed by atoms with van der Waals surface area (Å²) in [5, 5.41) is 4.29. The number of nitrogens with zero attached hydrogens (tertiary/aromatic N) is 6. The van der Waals surface area contributed by atoms with Gasteiger partial charge in [-0.1, -0.05) is 30.3 Å². The van der Waals surface area contributed by atoms with E-state index >= 15 is 0 Å². The molecule has 5 aromatic rings. The first-order valence-electron chi connectivity index (χ1n) is 13.7. The molecule has 1 saturated heterocycles. The Labute approximate surface area is 239 Å². The zero-order valence-corrected chi connectivity index (χ0v) is 23.6. The zero-order valence-electron chi connectivity index (χ0n) is 23.6. The van der Waals surface area contributed by atoms with Crippen LogP contribution in [0, 0.1) is 0 Å². The number of benzene rings is 3. The van der Waals surface area contributed by atoms with Crippen LogP contribution in [-0.4, -0.2) is 71.2 Å². The number of rotatable bonds is 9. The van der Waals surface area contributed by atoms with Crippen molar-refractivity contribution in [3.8, 4) is 22.8 Å². The summed E-state index contributed by atoms with van der Waals surface area (Å²) in [6.45, 7) is 3.95. The number of hydrogen-bond donors (Lipinski definition) is 0. The predicted octanol–water partition coefficient (Wildman–Crippen LogP) is 5.09. The minimum Gasteiger partial charge on any atom is -0.497 e. The molecule has 0 aliphatic carbocycles. The Balaban J connectivity index is 1.34. The lowest BCUT2D eigenvalue weighted by atomic mass is 10.1. The lowest BCUT2D eigenvalue weighted by Gasteiger charge is -2.36. The van der Waals surface area contributed by atoms with E-state index in [1.54, 1.807) is 31.3 Å². The second-order valence-corrected chi connectivity index (χ2v) is 10.2. The van der Waals surface area contributed by atoms with Crippen molar-refractivity contribution in [2.45, 2.75) is 12.6 Å². The summed E-state index contributed by atoms with van der Waals surface area (Å²) >= 11 is 0. The van der Waals surface area contributed by atoms with Gasteiger partial charge >= 0.3 is 0 Å². The fraction of sp³-hybridized carbons (Fsp3) is 0.281. The summed E-state index contributed by atoms with van der Waals surface area (Å²) in [5.74, 6) is 1.44. The molecule has 1 unspecified atom stereocenters. The van der Waals surface area contributed by atoms with E-state index in [0.29, 0.717) is 13.2 Å². The van der Waals surface area contributed by atoms with Crippen LogP contribution in [0.4, 0.5) is 11.4 Å². The lowest BCUT2D eigenvalue weighted by molar-refractivity contribution is -0.0259. The first-order valence-corrected chi connectivity index (χ1v) is 13.7. The van der Waals surface area contributed by atoms with Crippen LogP contribution in [0.2, 0.25) is 0 Å². The smallest absolute Gasteiger partial charge is 0.124 e. The molecule has 3 aromatic carbocycles. The van der Waals surface area contributed by atoms with E-state index in [4.69, 9.17) is 19.2 Å². The van der Waals surface area contributed by atoms with Crippen molar-refractivity contribution in [3.63, 3.8) is 0 Å². The topological polar surface area (TPSA) is 77.8 Å². The molecule has 0 spiro atoms.